The zero-order valence-electron chi connectivity index (χ0n) is 13.7. The molecule has 0 saturated heterocycles. The number of anilines is 1. The van der Waals surface area contributed by atoms with E-state index in [1.165, 1.54) is 19.3 Å². The molecule has 1 aromatic carbocycles. The molecule has 2 rings (SSSR count). The summed E-state index contributed by atoms with van der Waals surface area (Å²) in [5, 5.41) is 6.47. The van der Waals surface area contributed by atoms with Crippen LogP contribution in [0.5, 0.6) is 0 Å². The fourth-order valence-electron chi connectivity index (χ4n) is 3.70. The number of benzene rings is 1. The van der Waals surface area contributed by atoms with Gasteiger partial charge in [0.25, 0.3) is 5.91 Å². The average molecular weight is 288 g/mol. The summed E-state index contributed by atoms with van der Waals surface area (Å²) in [6.45, 7) is 9.63. The molecule has 1 aromatic rings. The van der Waals surface area contributed by atoms with E-state index in [1.807, 2.05) is 25.1 Å². The highest BCUT2D eigenvalue weighted by atomic mass is 16.1. The van der Waals surface area contributed by atoms with Gasteiger partial charge in [-0.3, -0.25) is 4.79 Å². The van der Waals surface area contributed by atoms with Crippen molar-refractivity contribution in [2.75, 3.05) is 11.9 Å². The Morgan fingerprint density at radius 1 is 1.33 bits per heavy atom. The van der Waals surface area contributed by atoms with E-state index < -0.39 is 0 Å². The van der Waals surface area contributed by atoms with Crippen LogP contribution < -0.4 is 10.6 Å². The highest BCUT2D eigenvalue weighted by Crippen LogP contribution is 2.39. The molecule has 3 heteroatoms. The monoisotopic (exact) mass is 288 g/mol. The fourth-order valence-corrected chi connectivity index (χ4v) is 3.70. The highest BCUT2D eigenvalue weighted by molar-refractivity contribution is 5.95. The van der Waals surface area contributed by atoms with Crippen LogP contribution in [0.1, 0.15) is 57.3 Å². The normalized spacial score (nSPS) is 24.4. The third-order valence-electron chi connectivity index (χ3n) is 4.22. The first kappa shape index (κ1) is 15.9. The Morgan fingerprint density at radius 3 is 2.76 bits per heavy atom. The minimum absolute atomic E-state index is 0.00140. The van der Waals surface area contributed by atoms with E-state index in [2.05, 4.69) is 37.5 Å². The van der Waals surface area contributed by atoms with Crippen LogP contribution in [0.2, 0.25) is 0 Å². The summed E-state index contributed by atoms with van der Waals surface area (Å²) in [5.41, 5.74) is 2.17. The second-order valence-electron chi connectivity index (χ2n) is 7.19. The second-order valence-corrected chi connectivity index (χ2v) is 7.19. The van der Waals surface area contributed by atoms with Gasteiger partial charge in [0.15, 0.2) is 0 Å². The molecule has 2 unspecified atom stereocenters. The molecule has 2 atom stereocenters. The number of nitrogens with one attached hydrogen (secondary N) is 2. The summed E-state index contributed by atoms with van der Waals surface area (Å²) in [6, 6.07) is 8.31. The molecule has 0 aliphatic heterocycles. The number of amides is 1. The van der Waals surface area contributed by atoms with Gasteiger partial charge in [-0.2, -0.15) is 0 Å². The lowest BCUT2D eigenvalue weighted by molar-refractivity contribution is 0.0956. The van der Waals surface area contributed by atoms with Crippen LogP contribution in [0.3, 0.4) is 0 Å². The Bertz CT molecular complexity index is 496. The second kappa shape index (κ2) is 6.50. The predicted molar refractivity (Wildman–Crippen MR) is 88.7 cm³/mol. The summed E-state index contributed by atoms with van der Waals surface area (Å²) in [5.74, 6) is 0.747. The van der Waals surface area contributed by atoms with Crippen molar-refractivity contribution in [3.63, 3.8) is 0 Å². The van der Waals surface area contributed by atoms with E-state index in [4.69, 9.17) is 0 Å². The topological polar surface area (TPSA) is 41.1 Å². The van der Waals surface area contributed by atoms with Gasteiger partial charge in [0, 0.05) is 23.8 Å². The van der Waals surface area contributed by atoms with Crippen molar-refractivity contribution in [3.05, 3.63) is 29.8 Å². The third-order valence-corrected chi connectivity index (χ3v) is 4.22. The molecule has 0 bridgehead atoms. The summed E-state index contributed by atoms with van der Waals surface area (Å²) in [7, 11) is 0. The van der Waals surface area contributed by atoms with E-state index >= 15 is 0 Å². The first-order valence-corrected chi connectivity index (χ1v) is 8.04. The molecule has 1 aliphatic rings. The molecular formula is C18H28N2O. The lowest BCUT2D eigenvalue weighted by atomic mass is 9.70. The minimum atomic E-state index is -0.00140. The predicted octanol–water partition coefficient (Wildman–Crippen LogP) is 4.06. The van der Waals surface area contributed by atoms with E-state index in [-0.39, 0.29) is 5.91 Å². The SMILES string of the molecule is CCNC(=O)c1cccc(NC2CC(C)CC(C)(C)C2)c1. The molecule has 2 N–H and O–H groups in total. The molecule has 1 saturated carbocycles. The number of hydrogen-bond donors (Lipinski definition) is 2. The summed E-state index contributed by atoms with van der Waals surface area (Å²) >= 11 is 0. The van der Waals surface area contributed by atoms with Crippen molar-refractivity contribution >= 4 is 11.6 Å². The Kier molecular flexibility index (Phi) is 4.92. The van der Waals surface area contributed by atoms with Gasteiger partial charge in [-0.05, 0) is 55.7 Å². The van der Waals surface area contributed by atoms with Gasteiger partial charge in [0.05, 0.1) is 0 Å². The Labute approximate surface area is 128 Å². The molecule has 3 nitrogen and oxygen atoms in total. The third kappa shape index (κ3) is 4.48. The first-order valence-electron chi connectivity index (χ1n) is 8.04. The van der Waals surface area contributed by atoms with E-state index in [0.29, 0.717) is 18.0 Å². The standard InChI is InChI=1S/C18H28N2O/c1-5-19-17(21)14-7-6-8-15(10-14)20-16-9-13(2)11-18(3,4)12-16/h6-8,10,13,16,20H,5,9,11-12H2,1-4H3,(H,19,21). The van der Waals surface area contributed by atoms with E-state index in [1.54, 1.807) is 0 Å². The van der Waals surface area contributed by atoms with Gasteiger partial charge in [-0.25, -0.2) is 0 Å². The van der Waals surface area contributed by atoms with Crippen LogP contribution in [-0.2, 0) is 0 Å². The lowest BCUT2D eigenvalue weighted by Gasteiger charge is -2.39. The molecule has 0 heterocycles. The van der Waals surface area contributed by atoms with Crippen LogP contribution in [-0.4, -0.2) is 18.5 Å². The largest absolute Gasteiger partial charge is 0.382 e. The quantitative estimate of drug-likeness (QED) is 0.877. The zero-order chi connectivity index (χ0) is 15.5. The van der Waals surface area contributed by atoms with Crippen LogP contribution in [0.4, 0.5) is 5.69 Å². The Hall–Kier alpha value is -1.51. The lowest BCUT2D eigenvalue weighted by Crippen LogP contribution is -2.35. The summed E-state index contributed by atoms with van der Waals surface area (Å²) in [6.07, 6.45) is 3.68. The summed E-state index contributed by atoms with van der Waals surface area (Å²) < 4.78 is 0. The molecule has 116 valence electrons. The van der Waals surface area contributed by atoms with Crippen molar-refractivity contribution in [1.82, 2.24) is 5.32 Å². The Balaban J connectivity index is 2.06. The molecule has 0 spiro atoms. The van der Waals surface area contributed by atoms with Gasteiger partial charge < -0.3 is 10.6 Å². The molecular weight excluding hydrogens is 260 g/mol. The van der Waals surface area contributed by atoms with Crippen molar-refractivity contribution in [2.24, 2.45) is 11.3 Å². The van der Waals surface area contributed by atoms with Gasteiger partial charge in [-0.15, -0.1) is 0 Å². The number of carbonyl (C=O) groups is 1. The maximum atomic E-state index is 11.9. The molecule has 0 aromatic heterocycles. The molecule has 0 radical (unpaired) electrons. The zero-order valence-corrected chi connectivity index (χ0v) is 13.7. The maximum Gasteiger partial charge on any atom is 0.251 e. The first-order chi connectivity index (χ1) is 9.89. The molecule has 1 aliphatic carbocycles. The van der Waals surface area contributed by atoms with Crippen molar-refractivity contribution in [2.45, 2.75) is 53.0 Å². The molecule has 1 fully saturated rings. The summed E-state index contributed by atoms with van der Waals surface area (Å²) in [4.78, 5) is 11.9. The number of carbonyl (C=O) groups excluding carboxylic acids is 1. The van der Waals surface area contributed by atoms with Crippen molar-refractivity contribution < 1.29 is 4.79 Å². The molecule has 21 heavy (non-hydrogen) atoms. The van der Waals surface area contributed by atoms with Gasteiger partial charge in [-0.1, -0.05) is 26.8 Å². The van der Waals surface area contributed by atoms with Gasteiger partial charge in [0.1, 0.15) is 0 Å². The smallest absolute Gasteiger partial charge is 0.251 e. The van der Waals surface area contributed by atoms with Crippen LogP contribution in [0.25, 0.3) is 0 Å². The Morgan fingerprint density at radius 2 is 2.10 bits per heavy atom. The maximum absolute atomic E-state index is 11.9. The molecule has 1 amide bonds. The van der Waals surface area contributed by atoms with E-state index in [9.17, 15) is 4.79 Å². The van der Waals surface area contributed by atoms with Gasteiger partial charge in [0.2, 0.25) is 0 Å². The fraction of sp³-hybridized carbons (Fsp3) is 0.611. The van der Waals surface area contributed by atoms with Crippen molar-refractivity contribution in [1.29, 1.82) is 0 Å². The minimum Gasteiger partial charge on any atom is -0.382 e. The van der Waals surface area contributed by atoms with E-state index in [0.717, 1.165) is 17.2 Å². The van der Waals surface area contributed by atoms with Crippen LogP contribution in [0.15, 0.2) is 24.3 Å². The number of rotatable bonds is 4. The highest BCUT2D eigenvalue weighted by Gasteiger charge is 2.31. The van der Waals surface area contributed by atoms with Crippen molar-refractivity contribution in [3.8, 4) is 0 Å². The van der Waals surface area contributed by atoms with Crippen LogP contribution in [0, 0.1) is 11.3 Å². The van der Waals surface area contributed by atoms with Gasteiger partial charge >= 0.3 is 0 Å². The van der Waals surface area contributed by atoms with Crippen LogP contribution >= 0.6 is 0 Å². The average Bonchev–Trinajstić information content (AvgIpc) is 2.36. The number of hydrogen-bond acceptors (Lipinski definition) is 2.